The Kier molecular flexibility index (Phi) is 2.95. The van der Waals surface area contributed by atoms with Crippen molar-refractivity contribution in [1.29, 1.82) is 0 Å². The molecule has 0 N–H and O–H groups in total. The number of hydrogen-bond acceptors (Lipinski definition) is 2. The van der Waals surface area contributed by atoms with Crippen LogP contribution in [-0.2, 0) is 0 Å². The first-order valence-corrected chi connectivity index (χ1v) is 5.91. The molecule has 3 nitrogen and oxygen atoms in total. The smallest absolute Gasteiger partial charge is 0.158 e. The lowest BCUT2D eigenvalue weighted by molar-refractivity contribution is 0.638. The minimum atomic E-state index is 0.569. The van der Waals surface area contributed by atoms with Gasteiger partial charge in [-0.1, -0.05) is 13.8 Å². The quantitative estimate of drug-likeness (QED) is 0.789. The van der Waals surface area contributed by atoms with Crippen molar-refractivity contribution in [3.8, 4) is 0 Å². The van der Waals surface area contributed by atoms with E-state index in [0.717, 1.165) is 29.9 Å². The molecule has 0 saturated carbocycles. The van der Waals surface area contributed by atoms with Crippen LogP contribution in [0.2, 0.25) is 0 Å². The highest BCUT2D eigenvalue weighted by atomic mass is 15.2. The Morgan fingerprint density at radius 2 is 2.00 bits per heavy atom. The summed E-state index contributed by atoms with van der Waals surface area (Å²) in [5, 5.41) is 4.41. The van der Waals surface area contributed by atoms with Crippen molar-refractivity contribution in [2.75, 3.05) is 0 Å². The third-order valence-electron chi connectivity index (χ3n) is 3.05. The standard InChI is InChI=1S/C13H18N3/c1-5-11(6-2)12-7-9(3)15-16-8-10(4)14-13(12)16/h7,11H,5-6H2,1-4H3. The average Bonchev–Trinajstić information content (AvgIpc) is 2.60. The first kappa shape index (κ1) is 11.1. The van der Waals surface area contributed by atoms with E-state index < -0.39 is 0 Å². The Balaban J connectivity index is 2.66. The van der Waals surface area contributed by atoms with E-state index in [1.54, 1.807) is 4.52 Å². The molecule has 0 bridgehead atoms. The van der Waals surface area contributed by atoms with Gasteiger partial charge in [-0.15, -0.1) is 0 Å². The molecular formula is C13H18N3. The Hall–Kier alpha value is -1.38. The Bertz CT molecular complexity index is 495. The summed E-state index contributed by atoms with van der Waals surface area (Å²) in [4.78, 5) is 4.52. The fraction of sp³-hybridized carbons (Fsp3) is 0.538. The summed E-state index contributed by atoms with van der Waals surface area (Å²) in [5.41, 5.74) is 4.21. The zero-order valence-electron chi connectivity index (χ0n) is 10.4. The molecule has 0 fully saturated rings. The molecule has 0 aliphatic carbocycles. The lowest BCUT2D eigenvalue weighted by Crippen LogP contribution is -2.03. The summed E-state index contributed by atoms with van der Waals surface area (Å²) < 4.78 is 1.79. The summed E-state index contributed by atoms with van der Waals surface area (Å²) in [5.74, 6) is 0.569. The number of imidazole rings is 1. The van der Waals surface area contributed by atoms with Crippen molar-refractivity contribution >= 4 is 5.65 Å². The third kappa shape index (κ3) is 1.82. The zero-order valence-corrected chi connectivity index (χ0v) is 10.4. The van der Waals surface area contributed by atoms with Crippen LogP contribution in [0.1, 0.15) is 49.6 Å². The maximum Gasteiger partial charge on any atom is 0.158 e. The van der Waals surface area contributed by atoms with Gasteiger partial charge in [-0.25, -0.2) is 9.50 Å². The molecule has 0 unspecified atom stereocenters. The monoisotopic (exact) mass is 216 g/mol. The molecule has 2 heterocycles. The van der Waals surface area contributed by atoms with Crippen LogP contribution in [0.5, 0.6) is 0 Å². The van der Waals surface area contributed by atoms with Gasteiger partial charge < -0.3 is 0 Å². The van der Waals surface area contributed by atoms with Crippen molar-refractivity contribution in [1.82, 2.24) is 14.6 Å². The normalized spacial score (nSPS) is 11.6. The van der Waals surface area contributed by atoms with Crippen LogP contribution in [0.15, 0.2) is 6.07 Å². The van der Waals surface area contributed by atoms with E-state index in [2.05, 4.69) is 36.2 Å². The van der Waals surface area contributed by atoms with Gasteiger partial charge >= 0.3 is 0 Å². The molecule has 3 heteroatoms. The molecule has 1 radical (unpaired) electrons. The molecule has 0 aromatic carbocycles. The molecule has 0 aliphatic rings. The minimum absolute atomic E-state index is 0.569. The summed E-state index contributed by atoms with van der Waals surface area (Å²) >= 11 is 0. The fourth-order valence-electron chi connectivity index (χ4n) is 2.20. The molecule has 2 rings (SSSR count). The second-order valence-corrected chi connectivity index (χ2v) is 4.30. The van der Waals surface area contributed by atoms with Gasteiger partial charge in [0.25, 0.3) is 0 Å². The van der Waals surface area contributed by atoms with Crippen LogP contribution >= 0.6 is 0 Å². The Labute approximate surface area is 96.5 Å². The molecular weight excluding hydrogens is 198 g/mol. The van der Waals surface area contributed by atoms with Crippen molar-refractivity contribution in [2.24, 2.45) is 0 Å². The van der Waals surface area contributed by atoms with E-state index >= 15 is 0 Å². The van der Waals surface area contributed by atoms with Gasteiger partial charge in [0.15, 0.2) is 5.65 Å². The van der Waals surface area contributed by atoms with Crippen LogP contribution < -0.4 is 0 Å². The predicted molar refractivity (Wildman–Crippen MR) is 64.6 cm³/mol. The highest BCUT2D eigenvalue weighted by Crippen LogP contribution is 2.26. The van der Waals surface area contributed by atoms with Gasteiger partial charge in [0.2, 0.25) is 0 Å². The van der Waals surface area contributed by atoms with E-state index in [1.165, 1.54) is 5.56 Å². The lowest BCUT2D eigenvalue weighted by atomic mass is 9.95. The highest BCUT2D eigenvalue weighted by molar-refractivity contribution is 5.50. The van der Waals surface area contributed by atoms with Crippen molar-refractivity contribution < 1.29 is 0 Å². The SMILES string of the molecule is CCC(CC)c1cc(C)nn2[c]c(C)nc12. The molecule has 0 spiro atoms. The van der Waals surface area contributed by atoms with Crippen LogP contribution in [0.4, 0.5) is 0 Å². The molecule has 0 aliphatic heterocycles. The average molecular weight is 216 g/mol. The molecule has 0 amide bonds. The van der Waals surface area contributed by atoms with Gasteiger partial charge in [0.1, 0.15) is 6.20 Å². The van der Waals surface area contributed by atoms with Crippen LogP contribution in [0, 0.1) is 20.0 Å². The summed E-state index contributed by atoms with van der Waals surface area (Å²) in [6.07, 6.45) is 5.42. The van der Waals surface area contributed by atoms with E-state index in [9.17, 15) is 0 Å². The predicted octanol–water partition coefficient (Wildman–Crippen LogP) is 3.05. The first-order chi connectivity index (χ1) is 7.65. The zero-order chi connectivity index (χ0) is 11.7. The number of fused-ring (bicyclic) bond motifs is 1. The third-order valence-corrected chi connectivity index (χ3v) is 3.05. The van der Waals surface area contributed by atoms with Crippen LogP contribution in [-0.4, -0.2) is 14.6 Å². The topological polar surface area (TPSA) is 30.2 Å². The second-order valence-electron chi connectivity index (χ2n) is 4.30. The molecule has 0 atom stereocenters. The molecule has 2 aromatic rings. The molecule has 0 saturated heterocycles. The maximum absolute atomic E-state index is 4.52. The molecule has 85 valence electrons. The second kappa shape index (κ2) is 4.24. The van der Waals surface area contributed by atoms with Crippen LogP contribution in [0.3, 0.4) is 0 Å². The Morgan fingerprint density at radius 1 is 1.31 bits per heavy atom. The fourth-order valence-corrected chi connectivity index (χ4v) is 2.20. The van der Waals surface area contributed by atoms with Gasteiger partial charge in [0, 0.05) is 5.56 Å². The van der Waals surface area contributed by atoms with E-state index in [0.29, 0.717) is 5.92 Å². The first-order valence-electron chi connectivity index (χ1n) is 5.91. The van der Waals surface area contributed by atoms with Gasteiger partial charge in [-0.05, 0) is 38.7 Å². The van der Waals surface area contributed by atoms with Gasteiger partial charge in [-0.2, -0.15) is 5.10 Å². The van der Waals surface area contributed by atoms with Gasteiger partial charge in [0.05, 0.1) is 11.4 Å². The lowest BCUT2D eigenvalue weighted by Gasteiger charge is -2.13. The van der Waals surface area contributed by atoms with Crippen LogP contribution in [0.25, 0.3) is 5.65 Å². The van der Waals surface area contributed by atoms with E-state index in [4.69, 9.17) is 0 Å². The van der Waals surface area contributed by atoms with Crippen molar-refractivity contribution in [3.05, 3.63) is 29.2 Å². The highest BCUT2D eigenvalue weighted by Gasteiger charge is 2.14. The molecule has 2 aromatic heterocycles. The summed E-state index contributed by atoms with van der Waals surface area (Å²) in [6, 6.07) is 2.16. The Morgan fingerprint density at radius 3 is 2.62 bits per heavy atom. The number of aryl methyl sites for hydroxylation is 2. The number of nitrogens with zero attached hydrogens (tertiary/aromatic N) is 3. The van der Waals surface area contributed by atoms with E-state index in [-0.39, 0.29) is 0 Å². The van der Waals surface area contributed by atoms with E-state index in [1.807, 2.05) is 13.8 Å². The summed E-state index contributed by atoms with van der Waals surface area (Å²) in [7, 11) is 0. The number of hydrogen-bond donors (Lipinski definition) is 0. The molecule has 16 heavy (non-hydrogen) atoms. The van der Waals surface area contributed by atoms with Crippen molar-refractivity contribution in [3.63, 3.8) is 0 Å². The minimum Gasteiger partial charge on any atom is -0.231 e. The number of aromatic nitrogens is 3. The maximum atomic E-state index is 4.52. The largest absolute Gasteiger partial charge is 0.231 e. The number of rotatable bonds is 3. The van der Waals surface area contributed by atoms with Crippen molar-refractivity contribution in [2.45, 2.75) is 46.5 Å². The summed E-state index contributed by atoms with van der Waals surface area (Å²) in [6.45, 7) is 8.43. The van der Waals surface area contributed by atoms with Gasteiger partial charge in [-0.3, -0.25) is 0 Å².